The van der Waals surface area contributed by atoms with E-state index < -0.39 is 0 Å². The van der Waals surface area contributed by atoms with Gasteiger partial charge in [-0.05, 0) is 24.5 Å². The summed E-state index contributed by atoms with van der Waals surface area (Å²) >= 11 is 0. The summed E-state index contributed by atoms with van der Waals surface area (Å²) in [5.74, 6) is 2.83. The fourth-order valence-electron chi connectivity index (χ4n) is 4.44. The van der Waals surface area contributed by atoms with Crippen molar-refractivity contribution < 1.29 is 4.79 Å². The van der Waals surface area contributed by atoms with Crippen LogP contribution in [0.2, 0.25) is 0 Å². The quantitative estimate of drug-likeness (QED) is 0.750. The second-order valence-electron chi connectivity index (χ2n) is 7.37. The van der Waals surface area contributed by atoms with Gasteiger partial charge in [0.25, 0.3) is 0 Å². The van der Waals surface area contributed by atoms with Gasteiger partial charge >= 0.3 is 0 Å². The predicted molar refractivity (Wildman–Crippen MR) is 93.8 cm³/mol. The third kappa shape index (κ3) is 2.53. The first-order valence-electron chi connectivity index (χ1n) is 8.96. The van der Waals surface area contributed by atoms with Gasteiger partial charge in [0.15, 0.2) is 5.66 Å². The van der Waals surface area contributed by atoms with Crippen molar-refractivity contribution in [3.63, 3.8) is 0 Å². The average Bonchev–Trinajstić information content (AvgIpc) is 3.10. The third-order valence-electron chi connectivity index (χ3n) is 5.88. The number of nitrogens with zero attached hydrogens (tertiary/aromatic N) is 3. The fraction of sp³-hybridized carbons (Fsp3) is 0.550. The van der Waals surface area contributed by atoms with Gasteiger partial charge in [-0.2, -0.15) is 10.2 Å². The van der Waals surface area contributed by atoms with E-state index in [1.807, 2.05) is 11.0 Å². The molecule has 24 heavy (non-hydrogen) atoms. The highest BCUT2D eigenvalue weighted by Crippen LogP contribution is 2.50. The molecule has 2 aliphatic heterocycles. The zero-order chi connectivity index (χ0) is 16.6. The maximum atomic E-state index is 12.9. The number of carbonyl (C=O) groups excluding carboxylic acids is 1. The maximum absolute atomic E-state index is 12.9. The first kappa shape index (κ1) is 15.4. The summed E-state index contributed by atoms with van der Waals surface area (Å²) in [4.78, 5) is 14.9. The Bertz CT molecular complexity index is 719. The van der Waals surface area contributed by atoms with Crippen LogP contribution in [-0.2, 0) is 10.2 Å². The van der Waals surface area contributed by atoms with Crippen LogP contribution in [0.1, 0.15) is 56.9 Å². The van der Waals surface area contributed by atoms with Crippen LogP contribution in [0.5, 0.6) is 0 Å². The Balaban J connectivity index is 1.47. The van der Waals surface area contributed by atoms with E-state index in [-0.39, 0.29) is 17.0 Å². The second kappa shape index (κ2) is 5.73. The van der Waals surface area contributed by atoms with E-state index in [9.17, 15) is 4.79 Å². The van der Waals surface area contributed by atoms with Crippen molar-refractivity contribution in [1.82, 2.24) is 0 Å². The highest BCUT2D eigenvalue weighted by atomic mass is 16.2. The Morgan fingerprint density at radius 1 is 1.21 bits per heavy atom. The molecule has 0 N–H and O–H groups in total. The van der Waals surface area contributed by atoms with Crippen LogP contribution in [0.4, 0.5) is 5.69 Å². The second-order valence-corrected chi connectivity index (χ2v) is 7.37. The zero-order valence-corrected chi connectivity index (χ0v) is 14.0. The number of carbonyl (C=O) groups is 1. The molecule has 1 saturated carbocycles. The SMILES string of the molecule is C#CCCC1(CCC(=O)N2CC3(CCCC3)c3ccccc32)N=N1. The molecule has 0 unspecified atom stereocenters. The first-order chi connectivity index (χ1) is 11.7. The lowest BCUT2D eigenvalue weighted by molar-refractivity contribution is -0.118. The van der Waals surface area contributed by atoms with Crippen LogP contribution >= 0.6 is 0 Å². The highest BCUT2D eigenvalue weighted by Gasteiger charge is 2.46. The van der Waals surface area contributed by atoms with E-state index in [0.717, 1.165) is 18.7 Å². The van der Waals surface area contributed by atoms with Crippen LogP contribution in [0.25, 0.3) is 0 Å². The summed E-state index contributed by atoms with van der Waals surface area (Å²) < 4.78 is 0. The lowest BCUT2D eigenvalue weighted by Crippen LogP contribution is -2.36. The largest absolute Gasteiger partial charge is 0.311 e. The zero-order valence-electron chi connectivity index (χ0n) is 14.0. The van der Waals surface area contributed by atoms with Crippen LogP contribution in [-0.4, -0.2) is 18.1 Å². The Morgan fingerprint density at radius 3 is 2.67 bits per heavy atom. The van der Waals surface area contributed by atoms with Gasteiger partial charge in [-0.3, -0.25) is 4.79 Å². The molecule has 4 nitrogen and oxygen atoms in total. The lowest BCUT2D eigenvalue weighted by Gasteiger charge is -2.25. The topological polar surface area (TPSA) is 45.0 Å². The van der Waals surface area contributed by atoms with Gasteiger partial charge in [-0.25, -0.2) is 0 Å². The number of fused-ring (bicyclic) bond motifs is 2. The monoisotopic (exact) mass is 321 g/mol. The number of terminal acetylenes is 1. The third-order valence-corrected chi connectivity index (χ3v) is 5.88. The molecule has 0 atom stereocenters. The molecular weight excluding hydrogens is 298 g/mol. The number of rotatable bonds is 5. The molecule has 1 fully saturated rings. The van der Waals surface area contributed by atoms with Crippen molar-refractivity contribution in [3.8, 4) is 12.3 Å². The van der Waals surface area contributed by atoms with Crippen LogP contribution < -0.4 is 4.90 Å². The van der Waals surface area contributed by atoms with Gasteiger partial charge < -0.3 is 4.90 Å². The van der Waals surface area contributed by atoms with Gasteiger partial charge in [0.2, 0.25) is 5.91 Å². The Morgan fingerprint density at radius 2 is 1.96 bits per heavy atom. The minimum absolute atomic E-state index is 0.196. The van der Waals surface area contributed by atoms with E-state index in [4.69, 9.17) is 6.42 Å². The molecule has 4 rings (SSSR count). The van der Waals surface area contributed by atoms with E-state index in [0.29, 0.717) is 19.3 Å². The van der Waals surface area contributed by atoms with Crippen molar-refractivity contribution in [2.75, 3.05) is 11.4 Å². The highest BCUT2D eigenvalue weighted by molar-refractivity contribution is 5.96. The van der Waals surface area contributed by atoms with Gasteiger partial charge in [-0.15, -0.1) is 12.3 Å². The summed E-state index contributed by atoms with van der Waals surface area (Å²) in [5, 5.41) is 8.29. The van der Waals surface area contributed by atoms with E-state index in [1.165, 1.54) is 31.2 Å². The molecule has 4 heteroatoms. The lowest BCUT2D eigenvalue weighted by atomic mass is 9.81. The van der Waals surface area contributed by atoms with E-state index >= 15 is 0 Å². The molecule has 0 aromatic heterocycles. The summed E-state index contributed by atoms with van der Waals surface area (Å²) in [7, 11) is 0. The molecule has 1 aromatic carbocycles. The van der Waals surface area contributed by atoms with Crippen molar-refractivity contribution in [3.05, 3.63) is 29.8 Å². The maximum Gasteiger partial charge on any atom is 0.227 e. The van der Waals surface area contributed by atoms with Crippen molar-refractivity contribution in [2.24, 2.45) is 10.2 Å². The number of benzene rings is 1. The molecule has 1 spiro atoms. The first-order valence-corrected chi connectivity index (χ1v) is 8.96. The number of anilines is 1. The molecule has 0 saturated heterocycles. The predicted octanol–water partition coefficient (Wildman–Crippen LogP) is 4.20. The number of hydrogen-bond acceptors (Lipinski definition) is 3. The molecule has 0 radical (unpaired) electrons. The minimum atomic E-state index is -0.369. The fourth-order valence-corrected chi connectivity index (χ4v) is 4.44. The molecule has 1 aliphatic carbocycles. The van der Waals surface area contributed by atoms with Crippen molar-refractivity contribution >= 4 is 11.6 Å². The van der Waals surface area contributed by atoms with Crippen LogP contribution in [0, 0.1) is 12.3 Å². The standard InChI is InChI=1S/C20H23N3O/c1-2-3-13-20(21-22-20)14-10-18(24)23-15-19(11-6-7-12-19)16-8-4-5-9-17(16)23/h1,4-5,8-9H,3,6-7,10-15H2. The summed E-state index contributed by atoms with van der Waals surface area (Å²) in [5.41, 5.74) is 2.32. The van der Waals surface area contributed by atoms with Crippen molar-refractivity contribution in [2.45, 2.75) is 62.4 Å². The minimum Gasteiger partial charge on any atom is -0.311 e. The van der Waals surface area contributed by atoms with Crippen LogP contribution in [0.3, 0.4) is 0 Å². The molecule has 0 bridgehead atoms. The number of para-hydroxylation sites is 1. The summed E-state index contributed by atoms with van der Waals surface area (Å²) in [6.07, 6.45) is 12.9. The Hall–Kier alpha value is -2.15. The molecule has 3 aliphatic rings. The molecule has 124 valence electrons. The van der Waals surface area contributed by atoms with Gasteiger partial charge in [0, 0.05) is 43.3 Å². The summed E-state index contributed by atoms with van der Waals surface area (Å²) in [6.45, 7) is 0.844. The van der Waals surface area contributed by atoms with Gasteiger partial charge in [0.05, 0.1) is 0 Å². The Kier molecular flexibility index (Phi) is 3.68. The van der Waals surface area contributed by atoms with E-state index in [2.05, 4.69) is 34.3 Å². The van der Waals surface area contributed by atoms with Gasteiger partial charge in [-0.1, -0.05) is 31.0 Å². The van der Waals surface area contributed by atoms with E-state index in [1.54, 1.807) is 0 Å². The molecule has 1 aromatic rings. The number of hydrogen-bond donors (Lipinski definition) is 0. The number of amides is 1. The van der Waals surface area contributed by atoms with Gasteiger partial charge in [0.1, 0.15) is 0 Å². The smallest absolute Gasteiger partial charge is 0.227 e. The van der Waals surface area contributed by atoms with Crippen LogP contribution in [0.15, 0.2) is 34.5 Å². The van der Waals surface area contributed by atoms with Crippen molar-refractivity contribution in [1.29, 1.82) is 0 Å². The normalized spacial score (nSPS) is 21.7. The molecule has 2 heterocycles. The molecular formula is C20H23N3O. The average molecular weight is 321 g/mol. The summed E-state index contributed by atoms with van der Waals surface area (Å²) in [6, 6.07) is 8.45. The molecule has 1 amide bonds. The Labute approximate surface area is 143 Å².